The van der Waals surface area contributed by atoms with E-state index in [-0.39, 0.29) is 11.7 Å². The molecule has 1 aliphatic heterocycles. The van der Waals surface area contributed by atoms with E-state index in [1.165, 1.54) is 6.26 Å². The zero-order chi connectivity index (χ0) is 17.1. The molecule has 1 aromatic heterocycles. The molecule has 0 radical (unpaired) electrons. The Hall–Kier alpha value is -3.41. The van der Waals surface area contributed by atoms with Crippen LogP contribution in [0.1, 0.15) is 10.6 Å². The highest BCUT2D eigenvalue weighted by Crippen LogP contribution is 2.33. The lowest BCUT2D eigenvalue weighted by Crippen LogP contribution is -2.15. The van der Waals surface area contributed by atoms with E-state index in [1.807, 2.05) is 42.5 Å². The largest absolute Gasteiger partial charge is 0.486 e. The molecule has 0 aliphatic carbocycles. The summed E-state index contributed by atoms with van der Waals surface area (Å²) in [4.78, 5) is 11.9. The molecule has 4 rings (SSSR count). The maximum atomic E-state index is 11.9. The van der Waals surface area contributed by atoms with Crippen molar-refractivity contribution in [2.24, 2.45) is 0 Å². The molecular formula is C19H16N2O4. The zero-order valence-corrected chi connectivity index (χ0v) is 13.3. The van der Waals surface area contributed by atoms with Crippen LogP contribution in [0.25, 0.3) is 0 Å². The summed E-state index contributed by atoms with van der Waals surface area (Å²) in [5.74, 6) is 1.49. The topological polar surface area (TPSA) is 72.7 Å². The monoisotopic (exact) mass is 336 g/mol. The van der Waals surface area contributed by atoms with Gasteiger partial charge < -0.3 is 24.5 Å². The minimum absolute atomic E-state index is 0.276. The number of rotatable bonds is 4. The molecule has 0 saturated heterocycles. The van der Waals surface area contributed by atoms with Gasteiger partial charge in [0, 0.05) is 23.1 Å². The first kappa shape index (κ1) is 15.1. The van der Waals surface area contributed by atoms with Gasteiger partial charge >= 0.3 is 0 Å². The minimum Gasteiger partial charge on any atom is -0.486 e. The SMILES string of the molecule is O=C(Nc1ccc(Nc2ccc3c(c2)OCCO3)cc1)c1ccco1. The van der Waals surface area contributed by atoms with E-state index in [9.17, 15) is 4.79 Å². The van der Waals surface area contributed by atoms with Crippen LogP contribution in [-0.4, -0.2) is 19.1 Å². The van der Waals surface area contributed by atoms with Gasteiger partial charge in [-0.3, -0.25) is 4.79 Å². The predicted molar refractivity (Wildman–Crippen MR) is 93.8 cm³/mol. The number of fused-ring (bicyclic) bond motifs is 1. The Labute approximate surface area is 144 Å². The number of hydrogen-bond acceptors (Lipinski definition) is 5. The van der Waals surface area contributed by atoms with Gasteiger partial charge in [0.05, 0.1) is 6.26 Å². The van der Waals surface area contributed by atoms with Crippen molar-refractivity contribution in [3.05, 3.63) is 66.6 Å². The van der Waals surface area contributed by atoms with E-state index in [0.29, 0.717) is 18.9 Å². The van der Waals surface area contributed by atoms with Gasteiger partial charge in [-0.15, -0.1) is 0 Å². The summed E-state index contributed by atoms with van der Waals surface area (Å²) in [6.45, 7) is 1.13. The maximum Gasteiger partial charge on any atom is 0.291 e. The molecule has 0 spiro atoms. The van der Waals surface area contributed by atoms with E-state index in [0.717, 1.165) is 22.9 Å². The van der Waals surface area contributed by atoms with Crippen molar-refractivity contribution in [2.45, 2.75) is 0 Å². The normalized spacial score (nSPS) is 12.5. The minimum atomic E-state index is -0.280. The fraction of sp³-hybridized carbons (Fsp3) is 0.105. The molecule has 6 nitrogen and oxygen atoms in total. The molecule has 1 amide bonds. The molecule has 0 fully saturated rings. The molecule has 0 bridgehead atoms. The predicted octanol–water partition coefficient (Wildman–Crippen LogP) is 4.05. The van der Waals surface area contributed by atoms with Crippen LogP contribution in [0.3, 0.4) is 0 Å². The van der Waals surface area contributed by atoms with Crippen molar-refractivity contribution in [1.82, 2.24) is 0 Å². The molecule has 0 unspecified atom stereocenters. The van der Waals surface area contributed by atoms with Crippen LogP contribution in [0.5, 0.6) is 11.5 Å². The fourth-order valence-corrected chi connectivity index (χ4v) is 2.53. The number of amides is 1. The highest BCUT2D eigenvalue weighted by atomic mass is 16.6. The molecule has 25 heavy (non-hydrogen) atoms. The number of hydrogen-bond donors (Lipinski definition) is 2. The molecule has 2 aromatic carbocycles. The van der Waals surface area contributed by atoms with Gasteiger partial charge in [0.15, 0.2) is 17.3 Å². The molecule has 6 heteroatoms. The summed E-state index contributed by atoms with van der Waals surface area (Å²) in [5.41, 5.74) is 2.48. The van der Waals surface area contributed by atoms with Crippen LogP contribution in [-0.2, 0) is 0 Å². The van der Waals surface area contributed by atoms with E-state index in [4.69, 9.17) is 13.9 Å². The summed E-state index contributed by atoms with van der Waals surface area (Å²) in [5, 5.41) is 6.07. The van der Waals surface area contributed by atoms with Gasteiger partial charge in [-0.05, 0) is 48.5 Å². The Kier molecular flexibility index (Phi) is 4.00. The third-order valence-electron chi connectivity index (χ3n) is 3.72. The summed E-state index contributed by atoms with van der Waals surface area (Å²) < 4.78 is 16.2. The number of ether oxygens (including phenoxy) is 2. The number of anilines is 3. The van der Waals surface area contributed by atoms with Crippen LogP contribution in [0.4, 0.5) is 17.1 Å². The molecule has 2 heterocycles. The summed E-state index contributed by atoms with van der Waals surface area (Å²) >= 11 is 0. The van der Waals surface area contributed by atoms with Crippen LogP contribution in [0, 0.1) is 0 Å². The number of furan rings is 1. The van der Waals surface area contributed by atoms with Gasteiger partial charge in [-0.2, -0.15) is 0 Å². The lowest BCUT2D eigenvalue weighted by molar-refractivity contribution is 0.0996. The van der Waals surface area contributed by atoms with Crippen molar-refractivity contribution in [3.8, 4) is 11.5 Å². The molecular weight excluding hydrogens is 320 g/mol. The number of nitrogens with one attached hydrogen (secondary N) is 2. The van der Waals surface area contributed by atoms with Crippen molar-refractivity contribution >= 4 is 23.0 Å². The fourth-order valence-electron chi connectivity index (χ4n) is 2.53. The second kappa shape index (κ2) is 6.60. The first-order chi connectivity index (χ1) is 12.3. The smallest absolute Gasteiger partial charge is 0.291 e. The average Bonchev–Trinajstić information content (AvgIpc) is 3.18. The number of carbonyl (C=O) groups excluding carboxylic acids is 1. The maximum absolute atomic E-state index is 11.9. The quantitative estimate of drug-likeness (QED) is 0.752. The van der Waals surface area contributed by atoms with Gasteiger partial charge in [0.1, 0.15) is 13.2 Å². The molecule has 0 saturated carbocycles. The first-order valence-electron chi connectivity index (χ1n) is 7.89. The van der Waals surface area contributed by atoms with E-state index >= 15 is 0 Å². The summed E-state index contributed by atoms with van der Waals surface area (Å²) in [7, 11) is 0. The third-order valence-corrected chi connectivity index (χ3v) is 3.72. The zero-order valence-electron chi connectivity index (χ0n) is 13.3. The average molecular weight is 336 g/mol. The highest BCUT2D eigenvalue weighted by molar-refractivity contribution is 6.02. The van der Waals surface area contributed by atoms with E-state index < -0.39 is 0 Å². The molecule has 2 N–H and O–H groups in total. The van der Waals surface area contributed by atoms with E-state index in [1.54, 1.807) is 12.1 Å². The standard InChI is InChI=1S/C19H16N2O4/c22-19(17-2-1-9-23-17)21-14-5-3-13(4-6-14)20-15-7-8-16-18(12-15)25-11-10-24-16/h1-9,12,20H,10-11H2,(H,21,22). The molecule has 1 aliphatic rings. The molecule has 3 aromatic rings. The lowest BCUT2D eigenvalue weighted by Gasteiger charge is -2.19. The third kappa shape index (κ3) is 3.42. The van der Waals surface area contributed by atoms with E-state index in [2.05, 4.69) is 10.6 Å². The van der Waals surface area contributed by atoms with Gasteiger partial charge in [0.2, 0.25) is 0 Å². The Bertz CT molecular complexity index is 873. The van der Waals surface area contributed by atoms with Crippen LogP contribution in [0.2, 0.25) is 0 Å². The van der Waals surface area contributed by atoms with Crippen molar-refractivity contribution in [1.29, 1.82) is 0 Å². The lowest BCUT2D eigenvalue weighted by atomic mass is 10.2. The Balaban J connectivity index is 1.43. The van der Waals surface area contributed by atoms with Gasteiger partial charge in [0.25, 0.3) is 5.91 Å². The Morgan fingerprint density at radius 2 is 1.56 bits per heavy atom. The molecule has 0 atom stereocenters. The summed E-state index contributed by atoms with van der Waals surface area (Å²) in [6, 6.07) is 16.4. The highest BCUT2D eigenvalue weighted by Gasteiger charge is 2.12. The summed E-state index contributed by atoms with van der Waals surface area (Å²) in [6.07, 6.45) is 1.47. The Morgan fingerprint density at radius 1 is 0.840 bits per heavy atom. The van der Waals surface area contributed by atoms with Crippen molar-refractivity contribution < 1.29 is 18.7 Å². The van der Waals surface area contributed by atoms with Crippen molar-refractivity contribution in [3.63, 3.8) is 0 Å². The Morgan fingerprint density at radius 3 is 2.32 bits per heavy atom. The van der Waals surface area contributed by atoms with Crippen LogP contribution < -0.4 is 20.1 Å². The second-order valence-electron chi connectivity index (χ2n) is 5.49. The first-order valence-corrected chi connectivity index (χ1v) is 7.89. The van der Waals surface area contributed by atoms with Crippen LogP contribution in [0.15, 0.2) is 65.3 Å². The second-order valence-corrected chi connectivity index (χ2v) is 5.49. The van der Waals surface area contributed by atoms with Gasteiger partial charge in [-0.1, -0.05) is 0 Å². The van der Waals surface area contributed by atoms with Gasteiger partial charge in [-0.25, -0.2) is 0 Å². The van der Waals surface area contributed by atoms with Crippen LogP contribution >= 0.6 is 0 Å². The number of benzene rings is 2. The molecule has 126 valence electrons. The van der Waals surface area contributed by atoms with Crippen molar-refractivity contribution in [2.75, 3.05) is 23.8 Å². The number of carbonyl (C=O) groups is 1.